The Hall–Kier alpha value is -1.50. The highest BCUT2D eigenvalue weighted by Gasteiger charge is 2.25. The minimum absolute atomic E-state index is 0.201. The number of piperazine rings is 1. The summed E-state index contributed by atoms with van der Waals surface area (Å²) in [5.41, 5.74) is -0.428. The van der Waals surface area contributed by atoms with E-state index < -0.39 is 5.60 Å². The topological polar surface area (TPSA) is 69.2 Å². The normalized spacial score (nSPS) is 15.8. The van der Waals surface area contributed by atoms with Crippen LogP contribution in [-0.4, -0.2) is 79.8 Å². The van der Waals surface area contributed by atoms with Crippen molar-refractivity contribution in [3.8, 4) is 0 Å². The van der Waals surface area contributed by atoms with Crippen molar-refractivity contribution in [2.24, 2.45) is 4.99 Å². The summed E-state index contributed by atoms with van der Waals surface area (Å²) in [4.78, 5) is 20.8. The minimum Gasteiger partial charge on any atom is -0.444 e. The van der Waals surface area contributed by atoms with Gasteiger partial charge in [-0.05, 0) is 41.0 Å². The molecule has 24 heavy (non-hydrogen) atoms. The van der Waals surface area contributed by atoms with E-state index in [1.807, 2.05) is 20.8 Å². The van der Waals surface area contributed by atoms with Crippen molar-refractivity contribution < 1.29 is 9.53 Å². The van der Waals surface area contributed by atoms with E-state index in [1.165, 1.54) is 0 Å². The molecule has 1 aliphatic rings. The lowest BCUT2D eigenvalue weighted by molar-refractivity contribution is 0.0145. The Morgan fingerprint density at radius 1 is 1.08 bits per heavy atom. The van der Waals surface area contributed by atoms with Gasteiger partial charge < -0.3 is 20.3 Å². The molecular formula is C17H35N5O2. The van der Waals surface area contributed by atoms with Crippen LogP contribution in [0, 0.1) is 0 Å². The Labute approximate surface area is 146 Å². The maximum absolute atomic E-state index is 12.0. The summed E-state index contributed by atoms with van der Waals surface area (Å²) in [7, 11) is 0. The molecule has 0 atom stereocenters. The van der Waals surface area contributed by atoms with Gasteiger partial charge in [-0.3, -0.25) is 9.89 Å². The number of nitrogens with zero attached hydrogens (tertiary/aromatic N) is 3. The largest absolute Gasteiger partial charge is 0.444 e. The zero-order chi connectivity index (χ0) is 18.0. The van der Waals surface area contributed by atoms with Gasteiger partial charge in [-0.25, -0.2) is 4.79 Å². The summed E-state index contributed by atoms with van der Waals surface area (Å²) in [6, 6.07) is 0. The molecule has 7 heteroatoms. The van der Waals surface area contributed by atoms with Gasteiger partial charge in [0.1, 0.15) is 5.60 Å². The van der Waals surface area contributed by atoms with Gasteiger partial charge in [0.15, 0.2) is 5.96 Å². The van der Waals surface area contributed by atoms with Crippen LogP contribution in [0.2, 0.25) is 0 Å². The average molecular weight is 342 g/mol. The first-order valence-corrected chi connectivity index (χ1v) is 9.08. The summed E-state index contributed by atoms with van der Waals surface area (Å²) in [6.07, 6.45) is 0.819. The molecule has 1 aliphatic heterocycles. The van der Waals surface area contributed by atoms with Crippen LogP contribution < -0.4 is 10.6 Å². The van der Waals surface area contributed by atoms with Crippen molar-refractivity contribution in [3.05, 3.63) is 0 Å². The number of ether oxygens (including phenoxy) is 1. The zero-order valence-corrected chi connectivity index (χ0v) is 16.0. The molecule has 0 unspecified atom stereocenters. The summed E-state index contributed by atoms with van der Waals surface area (Å²) in [5, 5.41) is 6.45. The quantitative estimate of drug-likeness (QED) is 0.435. The highest BCUT2D eigenvalue weighted by atomic mass is 16.6. The fourth-order valence-electron chi connectivity index (χ4n) is 2.47. The fraction of sp³-hybridized carbons (Fsp3) is 0.882. The van der Waals surface area contributed by atoms with Gasteiger partial charge in [-0.2, -0.15) is 0 Å². The molecule has 1 amide bonds. The predicted molar refractivity (Wildman–Crippen MR) is 98.5 cm³/mol. The Bertz CT molecular complexity index is 390. The van der Waals surface area contributed by atoms with Crippen molar-refractivity contribution in [2.45, 2.75) is 46.6 Å². The number of rotatable bonds is 6. The van der Waals surface area contributed by atoms with Gasteiger partial charge in [-0.1, -0.05) is 0 Å². The molecule has 0 aliphatic carbocycles. The number of guanidine groups is 1. The van der Waals surface area contributed by atoms with Crippen molar-refractivity contribution in [1.82, 2.24) is 20.4 Å². The second-order valence-electron chi connectivity index (χ2n) is 6.95. The molecule has 1 saturated heterocycles. The third-order valence-corrected chi connectivity index (χ3v) is 3.61. The molecular weight excluding hydrogens is 306 g/mol. The number of hydrogen-bond donors (Lipinski definition) is 2. The number of nitrogens with one attached hydrogen (secondary N) is 2. The molecule has 0 spiro atoms. The predicted octanol–water partition coefficient (Wildman–Crippen LogP) is 1.50. The Morgan fingerprint density at radius 2 is 1.67 bits per heavy atom. The van der Waals surface area contributed by atoms with E-state index in [9.17, 15) is 4.79 Å². The van der Waals surface area contributed by atoms with Crippen molar-refractivity contribution >= 4 is 12.1 Å². The van der Waals surface area contributed by atoms with Gasteiger partial charge in [0.2, 0.25) is 0 Å². The molecule has 7 nitrogen and oxygen atoms in total. The summed E-state index contributed by atoms with van der Waals surface area (Å²) in [5.74, 6) is 0.884. The van der Waals surface area contributed by atoms with E-state index in [0.29, 0.717) is 0 Å². The summed E-state index contributed by atoms with van der Waals surface area (Å²) >= 11 is 0. The highest BCUT2D eigenvalue weighted by molar-refractivity contribution is 5.79. The maximum atomic E-state index is 12.0. The first-order chi connectivity index (χ1) is 11.4. The maximum Gasteiger partial charge on any atom is 0.410 e. The van der Waals surface area contributed by atoms with E-state index >= 15 is 0 Å². The standard InChI is InChI=1S/C17H35N5O2/c1-6-18-15(19-7-2)20-9-8-10-21-11-13-22(14-12-21)16(23)24-17(3,4)5/h6-14H2,1-5H3,(H2,18,19,20). The van der Waals surface area contributed by atoms with Crippen molar-refractivity contribution in [1.29, 1.82) is 0 Å². The smallest absolute Gasteiger partial charge is 0.410 e. The molecule has 140 valence electrons. The second-order valence-corrected chi connectivity index (χ2v) is 6.95. The molecule has 1 heterocycles. The van der Waals surface area contributed by atoms with E-state index in [1.54, 1.807) is 4.90 Å². The van der Waals surface area contributed by atoms with E-state index in [2.05, 4.69) is 34.4 Å². The molecule has 0 radical (unpaired) electrons. The first-order valence-electron chi connectivity index (χ1n) is 9.08. The minimum atomic E-state index is -0.428. The lowest BCUT2D eigenvalue weighted by atomic mass is 10.2. The highest BCUT2D eigenvalue weighted by Crippen LogP contribution is 2.11. The first kappa shape index (κ1) is 20.5. The molecule has 1 fully saturated rings. The number of amides is 1. The van der Waals surface area contributed by atoms with Crippen LogP contribution in [0.1, 0.15) is 41.0 Å². The molecule has 0 saturated carbocycles. The zero-order valence-electron chi connectivity index (χ0n) is 16.0. The molecule has 0 aromatic rings. The summed E-state index contributed by atoms with van der Waals surface area (Å²) in [6.45, 7) is 16.7. The number of hydrogen-bond acceptors (Lipinski definition) is 4. The molecule has 0 aromatic carbocycles. The molecule has 0 bridgehead atoms. The van der Waals surface area contributed by atoms with Crippen molar-refractivity contribution in [3.63, 3.8) is 0 Å². The third kappa shape index (κ3) is 8.38. The van der Waals surface area contributed by atoms with E-state index in [-0.39, 0.29) is 6.09 Å². The van der Waals surface area contributed by atoms with Crippen LogP contribution in [-0.2, 0) is 4.74 Å². The number of carbonyl (C=O) groups excluding carboxylic acids is 1. The third-order valence-electron chi connectivity index (χ3n) is 3.61. The van der Waals surface area contributed by atoms with Gasteiger partial charge in [0, 0.05) is 52.4 Å². The Kier molecular flexibility index (Phi) is 8.89. The Morgan fingerprint density at radius 3 is 2.17 bits per heavy atom. The lowest BCUT2D eigenvalue weighted by Gasteiger charge is -2.35. The van der Waals surface area contributed by atoms with Gasteiger partial charge >= 0.3 is 6.09 Å². The van der Waals surface area contributed by atoms with E-state index in [4.69, 9.17) is 4.74 Å². The van der Waals surface area contributed by atoms with Crippen LogP contribution >= 0.6 is 0 Å². The molecule has 0 aromatic heterocycles. The average Bonchev–Trinajstić information content (AvgIpc) is 2.51. The molecule has 2 N–H and O–H groups in total. The van der Waals surface area contributed by atoms with Crippen LogP contribution in [0.15, 0.2) is 4.99 Å². The van der Waals surface area contributed by atoms with Crippen LogP contribution in [0.4, 0.5) is 4.79 Å². The van der Waals surface area contributed by atoms with Crippen molar-refractivity contribution in [2.75, 3.05) is 52.4 Å². The van der Waals surface area contributed by atoms with Gasteiger partial charge in [-0.15, -0.1) is 0 Å². The van der Waals surface area contributed by atoms with Gasteiger partial charge in [0.25, 0.3) is 0 Å². The van der Waals surface area contributed by atoms with Gasteiger partial charge in [0.05, 0.1) is 0 Å². The lowest BCUT2D eigenvalue weighted by Crippen LogP contribution is -2.50. The fourth-order valence-corrected chi connectivity index (χ4v) is 2.47. The monoisotopic (exact) mass is 341 g/mol. The van der Waals surface area contributed by atoms with Crippen LogP contribution in [0.25, 0.3) is 0 Å². The molecule has 1 rings (SSSR count). The Balaban J connectivity index is 2.24. The van der Waals surface area contributed by atoms with Crippen LogP contribution in [0.5, 0.6) is 0 Å². The van der Waals surface area contributed by atoms with Crippen LogP contribution in [0.3, 0.4) is 0 Å². The van der Waals surface area contributed by atoms with E-state index in [0.717, 1.165) is 64.7 Å². The number of aliphatic imine (C=N–C) groups is 1. The summed E-state index contributed by atoms with van der Waals surface area (Å²) < 4.78 is 5.42. The number of carbonyl (C=O) groups is 1. The SMILES string of the molecule is CCNC(=NCCCN1CCN(C(=O)OC(C)(C)C)CC1)NCC. The second kappa shape index (κ2) is 10.4.